The molecular weight excluding hydrogens is 440 g/mol. The molecule has 0 unspecified atom stereocenters. The summed E-state index contributed by atoms with van der Waals surface area (Å²) in [6.07, 6.45) is -1.68. The summed E-state index contributed by atoms with van der Waals surface area (Å²) in [4.78, 5) is 18.9. The summed E-state index contributed by atoms with van der Waals surface area (Å²) in [5.41, 5.74) is -0.341. The minimum atomic E-state index is -4.81. The monoisotopic (exact) mass is 458 g/mol. The lowest BCUT2D eigenvalue weighted by Gasteiger charge is -2.27. The highest BCUT2D eigenvalue weighted by atomic mass is 35.5. The van der Waals surface area contributed by atoms with E-state index in [1.807, 2.05) is 0 Å². The summed E-state index contributed by atoms with van der Waals surface area (Å²) in [7, 11) is 1.77. The third-order valence-electron chi connectivity index (χ3n) is 4.97. The maximum atomic E-state index is 13.6. The maximum Gasteiger partial charge on any atom is 0.419 e. The van der Waals surface area contributed by atoms with Gasteiger partial charge in [-0.1, -0.05) is 0 Å². The van der Waals surface area contributed by atoms with Crippen LogP contribution < -0.4 is 5.32 Å². The second kappa shape index (κ2) is 8.72. The first kappa shape index (κ1) is 22.8. The van der Waals surface area contributed by atoms with Gasteiger partial charge in [0.25, 0.3) is 5.91 Å². The number of benzene rings is 1. The molecule has 0 atom stereocenters. The molecule has 0 bridgehead atoms. The predicted octanol–water partition coefficient (Wildman–Crippen LogP) is 4.37. The summed E-state index contributed by atoms with van der Waals surface area (Å²) in [5, 5.41) is 3.37. The van der Waals surface area contributed by atoms with Gasteiger partial charge in [0, 0.05) is 43.6 Å². The lowest BCUT2D eigenvalue weighted by Crippen LogP contribution is -2.40. The van der Waals surface area contributed by atoms with Gasteiger partial charge in [0.15, 0.2) is 0 Å². The van der Waals surface area contributed by atoms with E-state index in [1.165, 1.54) is 12.3 Å². The number of halogens is 5. The van der Waals surface area contributed by atoms with Crippen LogP contribution in [0, 0.1) is 5.82 Å². The van der Waals surface area contributed by atoms with Gasteiger partial charge >= 0.3 is 6.18 Å². The van der Waals surface area contributed by atoms with Crippen molar-refractivity contribution < 1.29 is 27.1 Å². The molecule has 166 valence electrons. The highest BCUT2D eigenvalue weighted by Crippen LogP contribution is 2.34. The van der Waals surface area contributed by atoms with E-state index >= 15 is 0 Å². The van der Waals surface area contributed by atoms with Crippen LogP contribution in [0.4, 0.5) is 29.1 Å². The van der Waals surface area contributed by atoms with Crippen LogP contribution in [0.25, 0.3) is 10.9 Å². The Hall–Kier alpha value is -2.85. The largest absolute Gasteiger partial charge is 0.419 e. The van der Waals surface area contributed by atoms with Gasteiger partial charge in [-0.2, -0.15) is 13.2 Å². The first-order valence-electron chi connectivity index (χ1n) is 9.20. The number of rotatable bonds is 3. The number of carbonyl (C=O) groups is 1. The number of carbonyl (C=O) groups excluding carboxylic acids is 1. The lowest BCUT2D eigenvalue weighted by molar-refractivity contribution is -0.139. The zero-order valence-electron chi connectivity index (χ0n) is 16.4. The molecule has 1 aliphatic heterocycles. The SMILES string of the molecule is Cl.Cn1ccc2c(Nc3ccc(F)c(C(F)(F)F)c3)ncc(C(=O)N3CCOCC3)c21. The Kier molecular flexibility index (Phi) is 6.42. The van der Waals surface area contributed by atoms with Gasteiger partial charge in [0.05, 0.1) is 29.9 Å². The Balaban J connectivity index is 0.00000272. The van der Waals surface area contributed by atoms with Crippen LogP contribution in [-0.4, -0.2) is 46.7 Å². The van der Waals surface area contributed by atoms with Crippen molar-refractivity contribution in [2.24, 2.45) is 7.05 Å². The predicted molar refractivity (Wildman–Crippen MR) is 109 cm³/mol. The Labute approximate surface area is 181 Å². The van der Waals surface area contributed by atoms with Crippen LogP contribution >= 0.6 is 12.4 Å². The second-order valence-electron chi connectivity index (χ2n) is 6.93. The average Bonchev–Trinajstić information content (AvgIpc) is 3.11. The smallest absolute Gasteiger partial charge is 0.378 e. The van der Waals surface area contributed by atoms with Gasteiger partial charge < -0.3 is 19.5 Å². The zero-order chi connectivity index (χ0) is 21.5. The first-order valence-corrected chi connectivity index (χ1v) is 9.20. The van der Waals surface area contributed by atoms with Crippen LogP contribution in [0.2, 0.25) is 0 Å². The number of pyridine rings is 1. The highest BCUT2D eigenvalue weighted by Gasteiger charge is 2.34. The molecule has 1 aliphatic rings. The quantitative estimate of drug-likeness (QED) is 0.592. The number of ether oxygens (including phenoxy) is 1. The van der Waals surface area contributed by atoms with Gasteiger partial charge in [-0.15, -0.1) is 12.4 Å². The summed E-state index contributed by atoms with van der Waals surface area (Å²) >= 11 is 0. The normalized spacial score (nSPS) is 14.4. The van der Waals surface area contributed by atoms with Crippen molar-refractivity contribution in [2.75, 3.05) is 31.6 Å². The van der Waals surface area contributed by atoms with Crippen LogP contribution in [-0.2, 0) is 18.0 Å². The fourth-order valence-corrected chi connectivity index (χ4v) is 3.47. The average molecular weight is 459 g/mol. The van der Waals surface area contributed by atoms with E-state index in [0.29, 0.717) is 48.8 Å². The number of nitrogens with one attached hydrogen (secondary N) is 1. The van der Waals surface area contributed by atoms with Gasteiger partial charge in [-0.25, -0.2) is 9.37 Å². The van der Waals surface area contributed by atoms with Crippen molar-refractivity contribution in [1.82, 2.24) is 14.5 Å². The maximum absolute atomic E-state index is 13.6. The van der Waals surface area contributed by atoms with Gasteiger partial charge in [0.2, 0.25) is 0 Å². The number of aromatic nitrogens is 2. The van der Waals surface area contributed by atoms with E-state index in [4.69, 9.17) is 4.74 Å². The molecule has 11 heteroatoms. The molecule has 0 spiro atoms. The van der Waals surface area contributed by atoms with E-state index in [2.05, 4.69) is 10.3 Å². The fourth-order valence-electron chi connectivity index (χ4n) is 3.47. The van der Waals surface area contributed by atoms with Crippen molar-refractivity contribution in [3.8, 4) is 0 Å². The number of morpholine rings is 1. The molecule has 0 radical (unpaired) electrons. The Bertz CT molecular complexity index is 1110. The molecule has 0 aliphatic carbocycles. The number of hydrogen-bond acceptors (Lipinski definition) is 4. The minimum Gasteiger partial charge on any atom is -0.378 e. The fraction of sp³-hybridized carbons (Fsp3) is 0.300. The van der Waals surface area contributed by atoms with Crippen LogP contribution in [0.5, 0.6) is 0 Å². The van der Waals surface area contributed by atoms with E-state index in [0.717, 1.165) is 6.07 Å². The number of amides is 1. The Morgan fingerprint density at radius 1 is 1.19 bits per heavy atom. The number of fused-ring (bicyclic) bond motifs is 1. The number of aryl methyl sites for hydroxylation is 1. The molecule has 2 aromatic heterocycles. The standard InChI is InChI=1S/C20H18F4N4O2.ClH/c1-27-5-4-13-17(27)14(19(29)28-6-8-30-9-7-28)11-25-18(13)26-12-2-3-16(21)15(10-12)20(22,23)24;/h2-5,10-11H,6-9H2,1H3,(H,25,26);1H. The molecule has 3 aromatic rings. The zero-order valence-corrected chi connectivity index (χ0v) is 17.2. The molecule has 1 amide bonds. The lowest BCUT2D eigenvalue weighted by atomic mass is 10.1. The molecule has 1 fully saturated rings. The van der Waals surface area contributed by atoms with Crippen LogP contribution in [0.15, 0.2) is 36.7 Å². The van der Waals surface area contributed by atoms with Crippen molar-refractivity contribution in [1.29, 1.82) is 0 Å². The molecule has 3 heterocycles. The Morgan fingerprint density at radius 2 is 1.90 bits per heavy atom. The molecule has 0 saturated carbocycles. The van der Waals surface area contributed by atoms with E-state index in [-0.39, 0.29) is 29.8 Å². The number of anilines is 2. The summed E-state index contributed by atoms with van der Waals surface area (Å²) in [5.74, 6) is -1.27. The second-order valence-corrected chi connectivity index (χ2v) is 6.93. The third-order valence-corrected chi connectivity index (χ3v) is 4.97. The highest BCUT2D eigenvalue weighted by molar-refractivity contribution is 6.08. The van der Waals surface area contributed by atoms with Crippen molar-refractivity contribution >= 4 is 40.7 Å². The number of nitrogens with zero attached hydrogens (tertiary/aromatic N) is 3. The number of hydrogen-bond donors (Lipinski definition) is 1. The summed E-state index contributed by atoms with van der Waals surface area (Å²) in [6, 6.07) is 4.37. The Morgan fingerprint density at radius 3 is 2.58 bits per heavy atom. The summed E-state index contributed by atoms with van der Waals surface area (Å²) in [6.45, 7) is 1.86. The van der Waals surface area contributed by atoms with Gasteiger partial charge in [0.1, 0.15) is 11.6 Å². The van der Waals surface area contributed by atoms with E-state index < -0.39 is 17.6 Å². The molecule has 1 aromatic carbocycles. The molecule has 1 saturated heterocycles. The number of alkyl halides is 3. The third kappa shape index (κ3) is 4.45. The topological polar surface area (TPSA) is 59.4 Å². The first-order chi connectivity index (χ1) is 14.3. The molecule has 6 nitrogen and oxygen atoms in total. The van der Waals surface area contributed by atoms with Gasteiger partial charge in [-0.3, -0.25) is 4.79 Å². The van der Waals surface area contributed by atoms with Gasteiger partial charge in [-0.05, 0) is 24.3 Å². The minimum absolute atomic E-state index is 0. The van der Waals surface area contributed by atoms with E-state index in [1.54, 1.807) is 28.8 Å². The van der Waals surface area contributed by atoms with Crippen LogP contribution in [0.3, 0.4) is 0 Å². The van der Waals surface area contributed by atoms with Crippen molar-refractivity contribution in [2.45, 2.75) is 6.18 Å². The van der Waals surface area contributed by atoms with Crippen molar-refractivity contribution in [3.63, 3.8) is 0 Å². The summed E-state index contributed by atoms with van der Waals surface area (Å²) < 4.78 is 59.6. The molecule has 1 N–H and O–H groups in total. The molecular formula is C20H19ClF4N4O2. The van der Waals surface area contributed by atoms with Crippen molar-refractivity contribution in [3.05, 3.63) is 53.6 Å². The van der Waals surface area contributed by atoms with Crippen LogP contribution in [0.1, 0.15) is 15.9 Å². The van der Waals surface area contributed by atoms with E-state index in [9.17, 15) is 22.4 Å². The molecule has 31 heavy (non-hydrogen) atoms. The molecule has 4 rings (SSSR count).